The first-order valence-corrected chi connectivity index (χ1v) is 8.53. The molecule has 2 heterocycles. The van der Waals surface area contributed by atoms with Gasteiger partial charge in [-0.15, -0.1) is 0 Å². The fourth-order valence-corrected chi connectivity index (χ4v) is 3.48. The van der Waals surface area contributed by atoms with Crippen molar-refractivity contribution < 1.29 is 18.7 Å². The zero-order valence-electron chi connectivity index (χ0n) is 13.4. The van der Waals surface area contributed by atoms with Crippen molar-refractivity contribution in [2.45, 2.75) is 25.2 Å². The van der Waals surface area contributed by atoms with Crippen molar-refractivity contribution in [3.05, 3.63) is 27.4 Å². The SMILES string of the molecule is C[C@@H]1C(=O)NCCc2[nH]c3c(Cl)c(Cl)cc(NCC(F)(F)CO)c3c21. The molecule has 1 atom stereocenters. The summed E-state index contributed by atoms with van der Waals surface area (Å²) in [5.41, 5.74) is 2.40. The van der Waals surface area contributed by atoms with Crippen LogP contribution in [0.25, 0.3) is 10.9 Å². The molecular formula is C16H17Cl2F2N3O2. The van der Waals surface area contributed by atoms with Crippen LogP contribution in [0, 0.1) is 0 Å². The second kappa shape index (κ2) is 6.63. The molecule has 1 aromatic carbocycles. The maximum absolute atomic E-state index is 13.4. The number of H-pyrrole nitrogens is 1. The van der Waals surface area contributed by atoms with Crippen LogP contribution in [0.5, 0.6) is 0 Å². The number of hydrogen-bond donors (Lipinski definition) is 4. The Morgan fingerprint density at radius 2 is 2.16 bits per heavy atom. The number of fused-ring (bicyclic) bond motifs is 3. The van der Waals surface area contributed by atoms with Crippen LogP contribution in [0.3, 0.4) is 0 Å². The van der Waals surface area contributed by atoms with Gasteiger partial charge in [-0.1, -0.05) is 23.2 Å². The highest BCUT2D eigenvalue weighted by atomic mass is 35.5. The molecule has 0 unspecified atom stereocenters. The van der Waals surface area contributed by atoms with Gasteiger partial charge in [0.05, 0.1) is 28.0 Å². The van der Waals surface area contributed by atoms with Gasteiger partial charge in [-0.05, 0) is 18.6 Å². The van der Waals surface area contributed by atoms with Crippen molar-refractivity contribution in [1.82, 2.24) is 10.3 Å². The zero-order chi connectivity index (χ0) is 18.4. The first-order valence-electron chi connectivity index (χ1n) is 7.78. The van der Waals surface area contributed by atoms with Gasteiger partial charge in [0.15, 0.2) is 0 Å². The minimum atomic E-state index is -3.28. The molecular weight excluding hydrogens is 375 g/mol. The highest BCUT2D eigenvalue weighted by molar-refractivity contribution is 6.45. The third-order valence-corrected chi connectivity index (χ3v) is 5.15. The van der Waals surface area contributed by atoms with Gasteiger partial charge < -0.3 is 20.7 Å². The van der Waals surface area contributed by atoms with E-state index < -0.39 is 25.0 Å². The van der Waals surface area contributed by atoms with Gasteiger partial charge in [0, 0.05) is 29.7 Å². The summed E-state index contributed by atoms with van der Waals surface area (Å²) in [6.45, 7) is 0.187. The van der Waals surface area contributed by atoms with E-state index in [0.29, 0.717) is 29.6 Å². The lowest BCUT2D eigenvalue weighted by Crippen LogP contribution is -2.31. The zero-order valence-corrected chi connectivity index (χ0v) is 14.9. The molecule has 1 amide bonds. The molecule has 9 heteroatoms. The van der Waals surface area contributed by atoms with Crippen molar-refractivity contribution in [3.63, 3.8) is 0 Å². The van der Waals surface area contributed by atoms with Gasteiger partial charge in [-0.3, -0.25) is 4.79 Å². The predicted molar refractivity (Wildman–Crippen MR) is 94.0 cm³/mol. The summed E-state index contributed by atoms with van der Waals surface area (Å²) < 4.78 is 26.9. The Kier molecular flexibility index (Phi) is 4.83. The molecule has 0 spiro atoms. The average Bonchev–Trinajstić information content (AvgIpc) is 2.89. The summed E-state index contributed by atoms with van der Waals surface area (Å²) >= 11 is 12.4. The first kappa shape index (κ1) is 18.2. The van der Waals surface area contributed by atoms with Crippen LogP contribution in [0.4, 0.5) is 14.5 Å². The lowest BCUT2D eigenvalue weighted by molar-refractivity contribution is -0.121. The molecule has 5 nitrogen and oxygen atoms in total. The Labute approximate surface area is 152 Å². The van der Waals surface area contributed by atoms with Crippen LogP contribution in [0.15, 0.2) is 6.07 Å². The normalized spacial score (nSPS) is 18.0. The number of nitrogens with one attached hydrogen (secondary N) is 3. The molecule has 3 rings (SSSR count). The molecule has 2 aromatic rings. The second-order valence-electron chi connectivity index (χ2n) is 6.12. The lowest BCUT2D eigenvalue weighted by Gasteiger charge is -2.18. The number of carbonyl (C=O) groups excluding carboxylic acids is 1. The largest absolute Gasteiger partial charge is 0.390 e. The van der Waals surface area contributed by atoms with Crippen molar-refractivity contribution >= 4 is 45.7 Å². The summed E-state index contributed by atoms with van der Waals surface area (Å²) in [6, 6.07) is 1.46. The van der Waals surface area contributed by atoms with Gasteiger partial charge in [0.1, 0.15) is 6.61 Å². The smallest absolute Gasteiger partial charge is 0.287 e. The number of anilines is 1. The fourth-order valence-electron chi connectivity index (χ4n) is 3.08. The number of aliphatic hydroxyl groups excluding tert-OH is 1. The third-order valence-electron chi connectivity index (χ3n) is 4.36. The molecule has 1 aliphatic heterocycles. The monoisotopic (exact) mass is 391 g/mol. The second-order valence-corrected chi connectivity index (χ2v) is 6.90. The Hall–Kier alpha value is -1.57. The predicted octanol–water partition coefficient (Wildman–Crippen LogP) is 3.29. The summed E-state index contributed by atoms with van der Waals surface area (Å²) in [5.74, 6) is -3.89. The van der Waals surface area contributed by atoms with E-state index in [9.17, 15) is 13.6 Å². The number of rotatable bonds is 4. The Morgan fingerprint density at radius 3 is 2.84 bits per heavy atom. The summed E-state index contributed by atoms with van der Waals surface area (Å²) in [4.78, 5) is 15.4. The van der Waals surface area contributed by atoms with Gasteiger partial charge in [-0.25, -0.2) is 8.78 Å². The van der Waals surface area contributed by atoms with E-state index in [4.69, 9.17) is 28.3 Å². The van der Waals surface area contributed by atoms with Crippen LogP contribution in [-0.4, -0.2) is 41.6 Å². The molecule has 1 aromatic heterocycles. The molecule has 0 aliphatic carbocycles. The van der Waals surface area contributed by atoms with E-state index in [2.05, 4.69) is 15.6 Å². The first-order chi connectivity index (χ1) is 11.7. The molecule has 0 fully saturated rings. The summed E-state index contributed by atoms with van der Waals surface area (Å²) in [5, 5.41) is 15.3. The maximum atomic E-state index is 13.4. The van der Waals surface area contributed by atoms with Crippen molar-refractivity contribution in [2.24, 2.45) is 0 Å². The van der Waals surface area contributed by atoms with Crippen LogP contribution in [0.2, 0.25) is 10.0 Å². The van der Waals surface area contributed by atoms with E-state index >= 15 is 0 Å². The van der Waals surface area contributed by atoms with E-state index in [1.165, 1.54) is 6.07 Å². The van der Waals surface area contributed by atoms with Crippen molar-refractivity contribution in [1.29, 1.82) is 0 Å². The number of aliphatic hydroxyl groups is 1. The Bertz CT molecular complexity index is 839. The molecule has 1 aliphatic rings. The molecule has 4 N–H and O–H groups in total. The van der Waals surface area contributed by atoms with Gasteiger partial charge in [0.2, 0.25) is 5.91 Å². The van der Waals surface area contributed by atoms with Gasteiger partial charge in [0.25, 0.3) is 5.92 Å². The van der Waals surface area contributed by atoms with E-state index in [0.717, 1.165) is 11.3 Å². The molecule has 136 valence electrons. The number of benzene rings is 1. The topological polar surface area (TPSA) is 77.2 Å². The number of aromatic nitrogens is 1. The van der Waals surface area contributed by atoms with Crippen molar-refractivity contribution in [2.75, 3.05) is 25.0 Å². The van der Waals surface area contributed by atoms with Crippen LogP contribution in [0.1, 0.15) is 24.1 Å². The minimum Gasteiger partial charge on any atom is -0.390 e. The molecule has 0 saturated carbocycles. The highest BCUT2D eigenvalue weighted by Crippen LogP contribution is 2.42. The minimum absolute atomic E-state index is 0.141. The number of amides is 1. The molecule has 0 bridgehead atoms. The number of alkyl halides is 2. The standard InChI is InChI=1S/C16H17Cl2F2N3O2/c1-7-11-9(2-3-21-15(7)25)23-14-12(11)10(4-8(17)13(14)18)22-5-16(19,20)6-24/h4,7,22-24H,2-3,5-6H2,1H3,(H,21,25)/t7-/m0/s1. The number of halogens is 4. The number of aromatic amines is 1. The molecule has 0 saturated heterocycles. The summed E-state index contributed by atoms with van der Waals surface area (Å²) in [6.07, 6.45) is 0.570. The Morgan fingerprint density at radius 1 is 1.44 bits per heavy atom. The molecule has 25 heavy (non-hydrogen) atoms. The average molecular weight is 392 g/mol. The van der Waals surface area contributed by atoms with Crippen LogP contribution in [-0.2, 0) is 11.2 Å². The van der Waals surface area contributed by atoms with E-state index in [1.807, 2.05) is 0 Å². The third kappa shape index (κ3) is 3.28. The highest BCUT2D eigenvalue weighted by Gasteiger charge is 2.31. The van der Waals surface area contributed by atoms with E-state index in [-0.39, 0.29) is 16.0 Å². The number of hydrogen-bond acceptors (Lipinski definition) is 3. The van der Waals surface area contributed by atoms with Crippen LogP contribution >= 0.6 is 23.2 Å². The van der Waals surface area contributed by atoms with E-state index in [1.54, 1.807) is 6.92 Å². The summed E-state index contributed by atoms with van der Waals surface area (Å²) in [7, 11) is 0. The van der Waals surface area contributed by atoms with Gasteiger partial charge in [-0.2, -0.15) is 0 Å². The lowest BCUT2D eigenvalue weighted by atomic mass is 9.96. The van der Waals surface area contributed by atoms with Gasteiger partial charge >= 0.3 is 0 Å². The fraction of sp³-hybridized carbons (Fsp3) is 0.438. The quantitative estimate of drug-likeness (QED) is 0.645. The van der Waals surface area contributed by atoms with Crippen LogP contribution < -0.4 is 10.6 Å². The number of carbonyl (C=O) groups is 1. The molecule has 0 radical (unpaired) electrons. The Balaban J connectivity index is 2.18. The van der Waals surface area contributed by atoms with Crippen molar-refractivity contribution in [3.8, 4) is 0 Å². The maximum Gasteiger partial charge on any atom is 0.287 e.